The predicted molar refractivity (Wildman–Crippen MR) is 80.0 cm³/mol. The Balaban J connectivity index is 1.92. The van der Waals surface area contributed by atoms with Crippen LogP contribution >= 0.6 is 11.3 Å². The normalized spacial score (nSPS) is 14.1. The van der Waals surface area contributed by atoms with Crippen molar-refractivity contribution in [3.8, 4) is 5.75 Å². The number of nitrogens with zero attached hydrogens (tertiary/aromatic N) is 1. The fraction of sp³-hybridized carbons (Fsp3) is 0.400. The minimum Gasteiger partial charge on any atom is -0.435 e. The molecule has 3 nitrogen and oxygen atoms in total. The highest BCUT2D eigenvalue weighted by Crippen LogP contribution is 2.22. The molecular weight excluding hydrogens is 294 g/mol. The van der Waals surface area contributed by atoms with Crippen LogP contribution in [0.3, 0.4) is 0 Å². The third kappa shape index (κ3) is 4.75. The average Bonchev–Trinajstić information content (AvgIpc) is 2.98. The number of halogens is 2. The third-order valence-electron chi connectivity index (χ3n) is 3.19. The summed E-state index contributed by atoms with van der Waals surface area (Å²) < 4.78 is 28.9. The summed E-state index contributed by atoms with van der Waals surface area (Å²) in [7, 11) is 0. The van der Waals surface area contributed by atoms with Gasteiger partial charge in [0.05, 0.1) is 5.01 Å². The number of benzene rings is 1. The largest absolute Gasteiger partial charge is 0.435 e. The van der Waals surface area contributed by atoms with Gasteiger partial charge in [-0.15, -0.1) is 11.3 Å². The van der Waals surface area contributed by atoms with E-state index in [4.69, 9.17) is 0 Å². The van der Waals surface area contributed by atoms with Crippen LogP contribution in [0.4, 0.5) is 8.78 Å². The molecule has 1 aromatic heterocycles. The third-order valence-corrected chi connectivity index (χ3v) is 4.19. The van der Waals surface area contributed by atoms with Crippen molar-refractivity contribution in [3.63, 3.8) is 0 Å². The molecule has 0 amide bonds. The summed E-state index contributed by atoms with van der Waals surface area (Å²) >= 11 is 1.63. The van der Waals surface area contributed by atoms with Crippen LogP contribution in [0, 0.1) is 0 Å². The van der Waals surface area contributed by atoms with Gasteiger partial charge in [0.1, 0.15) is 5.75 Å². The first kappa shape index (κ1) is 15.9. The van der Waals surface area contributed by atoms with E-state index >= 15 is 0 Å². The first-order valence-electron chi connectivity index (χ1n) is 6.74. The smallest absolute Gasteiger partial charge is 0.387 e. The lowest BCUT2D eigenvalue weighted by Crippen LogP contribution is -2.23. The minimum absolute atomic E-state index is 0.0497. The minimum atomic E-state index is -2.80. The first-order chi connectivity index (χ1) is 10.1. The predicted octanol–water partition coefficient (Wildman–Crippen LogP) is 4.20. The Bertz CT molecular complexity index is 548. The maximum Gasteiger partial charge on any atom is 0.387 e. The Morgan fingerprint density at radius 2 is 2.14 bits per heavy atom. The SMILES string of the molecule is CC(CNC(C)c1cccc(OC(F)F)c1)c1nccs1. The first-order valence-corrected chi connectivity index (χ1v) is 7.61. The highest BCUT2D eigenvalue weighted by molar-refractivity contribution is 7.09. The van der Waals surface area contributed by atoms with Gasteiger partial charge in [-0.2, -0.15) is 8.78 Å². The zero-order valence-corrected chi connectivity index (χ0v) is 12.7. The molecular formula is C15H18F2N2OS. The molecule has 2 unspecified atom stereocenters. The van der Waals surface area contributed by atoms with Crippen LogP contribution < -0.4 is 10.1 Å². The van der Waals surface area contributed by atoms with Crippen LogP contribution in [0.25, 0.3) is 0 Å². The molecule has 0 aliphatic rings. The van der Waals surface area contributed by atoms with Gasteiger partial charge in [0.2, 0.25) is 0 Å². The molecule has 0 saturated carbocycles. The second-order valence-electron chi connectivity index (χ2n) is 4.85. The van der Waals surface area contributed by atoms with E-state index < -0.39 is 6.61 Å². The molecule has 0 aliphatic carbocycles. The van der Waals surface area contributed by atoms with Crippen LogP contribution in [0.5, 0.6) is 5.75 Å². The van der Waals surface area contributed by atoms with Crippen molar-refractivity contribution in [3.05, 3.63) is 46.4 Å². The molecule has 0 aliphatic heterocycles. The van der Waals surface area contributed by atoms with Gasteiger partial charge >= 0.3 is 6.61 Å². The van der Waals surface area contributed by atoms with Crippen molar-refractivity contribution in [2.45, 2.75) is 32.4 Å². The van der Waals surface area contributed by atoms with Crippen LogP contribution in [-0.2, 0) is 0 Å². The van der Waals surface area contributed by atoms with Crippen LogP contribution in [-0.4, -0.2) is 18.1 Å². The van der Waals surface area contributed by atoms with Gasteiger partial charge < -0.3 is 10.1 Å². The molecule has 1 N–H and O–H groups in total. The van der Waals surface area contributed by atoms with Gasteiger partial charge in [-0.25, -0.2) is 4.98 Å². The van der Waals surface area contributed by atoms with Crippen LogP contribution in [0.15, 0.2) is 35.8 Å². The molecule has 21 heavy (non-hydrogen) atoms. The lowest BCUT2D eigenvalue weighted by molar-refractivity contribution is -0.0499. The van der Waals surface area contributed by atoms with E-state index in [1.54, 1.807) is 29.7 Å². The number of alkyl halides is 2. The van der Waals surface area contributed by atoms with Crippen molar-refractivity contribution >= 4 is 11.3 Å². The summed E-state index contributed by atoms with van der Waals surface area (Å²) in [4.78, 5) is 4.29. The highest BCUT2D eigenvalue weighted by Gasteiger charge is 2.12. The fourth-order valence-corrected chi connectivity index (χ4v) is 2.70. The number of ether oxygens (including phenoxy) is 1. The zero-order chi connectivity index (χ0) is 15.2. The second kappa shape index (κ2) is 7.47. The van der Waals surface area contributed by atoms with E-state index in [0.717, 1.165) is 17.1 Å². The Kier molecular flexibility index (Phi) is 5.64. The maximum absolute atomic E-state index is 12.2. The highest BCUT2D eigenvalue weighted by atomic mass is 32.1. The van der Waals surface area contributed by atoms with Crippen molar-refractivity contribution in [1.29, 1.82) is 0 Å². The van der Waals surface area contributed by atoms with Crippen molar-refractivity contribution in [2.24, 2.45) is 0 Å². The van der Waals surface area contributed by atoms with Crippen molar-refractivity contribution in [2.75, 3.05) is 6.54 Å². The van der Waals surface area contributed by atoms with Gasteiger partial charge in [-0.3, -0.25) is 0 Å². The quantitative estimate of drug-likeness (QED) is 0.832. The average molecular weight is 312 g/mol. The molecule has 0 spiro atoms. The van der Waals surface area contributed by atoms with E-state index in [1.165, 1.54) is 6.07 Å². The second-order valence-corrected chi connectivity index (χ2v) is 5.78. The van der Waals surface area contributed by atoms with Gasteiger partial charge in [0, 0.05) is 30.1 Å². The van der Waals surface area contributed by atoms with Gasteiger partial charge in [-0.1, -0.05) is 19.1 Å². The molecule has 6 heteroatoms. The van der Waals surface area contributed by atoms with E-state index in [2.05, 4.69) is 22.0 Å². The molecule has 1 heterocycles. The fourth-order valence-electron chi connectivity index (χ4n) is 2.00. The molecule has 0 fully saturated rings. The molecule has 0 radical (unpaired) electrons. The summed E-state index contributed by atoms with van der Waals surface area (Å²) in [5.41, 5.74) is 0.916. The van der Waals surface area contributed by atoms with E-state index in [0.29, 0.717) is 5.92 Å². The summed E-state index contributed by atoms with van der Waals surface area (Å²) in [6.07, 6.45) is 1.80. The summed E-state index contributed by atoms with van der Waals surface area (Å²) in [6, 6.07) is 6.83. The summed E-state index contributed by atoms with van der Waals surface area (Å²) in [5, 5.41) is 6.44. The van der Waals surface area contributed by atoms with Crippen LogP contribution in [0.2, 0.25) is 0 Å². The monoisotopic (exact) mass is 312 g/mol. The van der Waals surface area contributed by atoms with Crippen molar-refractivity contribution < 1.29 is 13.5 Å². The standard InChI is InChI=1S/C15H18F2N2OS/c1-10(14-18-6-7-21-14)9-19-11(2)12-4-3-5-13(8-12)20-15(16)17/h3-8,10-11,15,19H,9H2,1-2H3. The van der Waals surface area contributed by atoms with E-state index in [-0.39, 0.29) is 11.8 Å². The Labute approximate surface area is 127 Å². The van der Waals surface area contributed by atoms with Gasteiger partial charge in [-0.05, 0) is 24.6 Å². The number of nitrogens with one attached hydrogen (secondary N) is 1. The molecule has 0 bridgehead atoms. The zero-order valence-electron chi connectivity index (χ0n) is 11.9. The number of hydrogen-bond acceptors (Lipinski definition) is 4. The number of thiazole rings is 1. The lowest BCUT2D eigenvalue weighted by Gasteiger charge is -2.17. The van der Waals surface area contributed by atoms with E-state index in [9.17, 15) is 8.78 Å². The number of hydrogen-bond donors (Lipinski definition) is 1. The van der Waals surface area contributed by atoms with Gasteiger partial charge in [0.15, 0.2) is 0 Å². The molecule has 2 aromatic rings. The lowest BCUT2D eigenvalue weighted by atomic mass is 10.1. The molecule has 2 atom stereocenters. The van der Waals surface area contributed by atoms with E-state index in [1.807, 2.05) is 18.4 Å². The Hall–Kier alpha value is -1.53. The Morgan fingerprint density at radius 3 is 2.81 bits per heavy atom. The number of aromatic nitrogens is 1. The Morgan fingerprint density at radius 1 is 1.33 bits per heavy atom. The molecule has 0 saturated heterocycles. The topological polar surface area (TPSA) is 34.1 Å². The molecule has 1 aromatic carbocycles. The van der Waals surface area contributed by atoms with Crippen LogP contribution in [0.1, 0.15) is 36.4 Å². The van der Waals surface area contributed by atoms with Crippen molar-refractivity contribution in [1.82, 2.24) is 10.3 Å². The number of rotatable bonds is 7. The molecule has 2 rings (SSSR count). The summed E-state index contributed by atoms with van der Waals surface area (Å²) in [5.74, 6) is 0.497. The van der Waals surface area contributed by atoms with Gasteiger partial charge in [0.25, 0.3) is 0 Å². The summed E-state index contributed by atoms with van der Waals surface area (Å²) in [6.45, 7) is 2.08. The maximum atomic E-state index is 12.2. The molecule has 114 valence electrons.